The second kappa shape index (κ2) is 25.1. The fourth-order valence-electron chi connectivity index (χ4n) is 1.72. The van der Waals surface area contributed by atoms with E-state index in [1.165, 1.54) is 0 Å². The van der Waals surface area contributed by atoms with Gasteiger partial charge in [0.05, 0.1) is 99.1 Å². The van der Waals surface area contributed by atoms with Gasteiger partial charge in [0.2, 0.25) is 0 Å². The zero-order chi connectivity index (χ0) is 20.5. The van der Waals surface area contributed by atoms with Gasteiger partial charge in [-0.25, -0.2) is 0 Å². The van der Waals surface area contributed by atoms with E-state index in [4.69, 9.17) is 37.9 Å². The molecule has 0 bridgehead atoms. The highest BCUT2D eigenvalue weighted by Gasteiger charge is 1.96. The molecule has 0 fully saturated rings. The highest BCUT2D eigenvalue weighted by molar-refractivity contribution is 14.1. The number of hydrogen-bond acceptors (Lipinski definition) is 9. The molecule has 0 unspecified atom stereocenters. The molecule has 0 heterocycles. The van der Waals surface area contributed by atoms with E-state index < -0.39 is 0 Å². The molecule has 0 aliphatic heterocycles. The Hall–Kier alpha value is 0.0800. The minimum atomic E-state index is 0.102. The SMILES string of the molecule is COCCOCCOCCOCCOCCOCCOCCOCCC(=O)I. The Morgan fingerprint density at radius 1 is 0.500 bits per heavy atom. The first-order chi connectivity index (χ1) is 13.8. The van der Waals surface area contributed by atoms with E-state index >= 15 is 0 Å². The van der Waals surface area contributed by atoms with Gasteiger partial charge in [-0.15, -0.1) is 0 Å². The van der Waals surface area contributed by atoms with E-state index in [9.17, 15) is 4.79 Å². The van der Waals surface area contributed by atoms with Crippen molar-refractivity contribution < 1.29 is 42.7 Å². The number of ether oxygens (including phenoxy) is 8. The van der Waals surface area contributed by atoms with E-state index in [0.717, 1.165) is 0 Å². The molecule has 0 aromatic rings. The third-order valence-corrected chi connectivity index (χ3v) is 3.65. The second-order valence-electron chi connectivity index (χ2n) is 5.38. The minimum Gasteiger partial charge on any atom is -0.382 e. The number of carbonyl (C=O) groups excluding carboxylic acids is 1. The number of methoxy groups -OCH3 is 1. The Balaban J connectivity index is 2.99. The molecule has 0 aliphatic rings. The summed E-state index contributed by atoms with van der Waals surface area (Å²) in [4.78, 5) is 10.7. The van der Waals surface area contributed by atoms with Crippen LogP contribution >= 0.6 is 22.6 Å². The zero-order valence-corrected chi connectivity index (χ0v) is 19.0. The summed E-state index contributed by atoms with van der Waals surface area (Å²) in [5, 5.41) is 0. The van der Waals surface area contributed by atoms with E-state index in [1.807, 2.05) is 0 Å². The maximum Gasteiger partial charge on any atom is 0.194 e. The summed E-state index contributed by atoms with van der Waals surface area (Å²) in [5.74, 6) is 0. The average Bonchev–Trinajstić information content (AvgIpc) is 2.68. The molecular formula is C18H35IO9. The van der Waals surface area contributed by atoms with Crippen molar-refractivity contribution in [2.75, 3.05) is 106 Å². The quantitative estimate of drug-likeness (QED) is 0.105. The van der Waals surface area contributed by atoms with Crippen LogP contribution in [0.25, 0.3) is 0 Å². The highest BCUT2D eigenvalue weighted by Crippen LogP contribution is 1.93. The van der Waals surface area contributed by atoms with Crippen molar-refractivity contribution in [3.05, 3.63) is 0 Å². The van der Waals surface area contributed by atoms with Crippen LogP contribution in [0.1, 0.15) is 6.42 Å². The summed E-state index contributed by atoms with van der Waals surface area (Å²) in [6.07, 6.45) is 0.438. The van der Waals surface area contributed by atoms with E-state index in [2.05, 4.69) is 0 Å². The number of hydrogen-bond donors (Lipinski definition) is 0. The Morgan fingerprint density at radius 2 is 0.750 bits per heavy atom. The first-order valence-electron chi connectivity index (χ1n) is 9.49. The van der Waals surface area contributed by atoms with Crippen molar-refractivity contribution in [1.29, 1.82) is 0 Å². The van der Waals surface area contributed by atoms with Gasteiger partial charge in [0, 0.05) is 13.5 Å². The Kier molecular flexibility index (Phi) is 25.2. The molecule has 0 rings (SSSR count). The van der Waals surface area contributed by atoms with Crippen LogP contribution in [0.3, 0.4) is 0 Å². The average molecular weight is 522 g/mol. The smallest absolute Gasteiger partial charge is 0.194 e. The lowest BCUT2D eigenvalue weighted by Crippen LogP contribution is -2.15. The van der Waals surface area contributed by atoms with E-state index in [1.54, 1.807) is 29.7 Å². The van der Waals surface area contributed by atoms with Crippen LogP contribution in [0, 0.1) is 0 Å². The molecule has 0 radical (unpaired) electrons. The normalized spacial score (nSPS) is 11.2. The predicted octanol–water partition coefficient (Wildman–Crippen LogP) is 1.10. The third kappa shape index (κ3) is 26.1. The van der Waals surface area contributed by atoms with Gasteiger partial charge in [0.15, 0.2) is 3.79 Å². The highest BCUT2D eigenvalue weighted by atomic mass is 127. The molecule has 0 aromatic carbocycles. The van der Waals surface area contributed by atoms with Gasteiger partial charge in [-0.2, -0.15) is 0 Å². The number of halogens is 1. The lowest BCUT2D eigenvalue weighted by Gasteiger charge is -2.08. The van der Waals surface area contributed by atoms with Crippen LogP contribution in [0.4, 0.5) is 0 Å². The molecule has 0 atom stereocenters. The van der Waals surface area contributed by atoms with Gasteiger partial charge >= 0.3 is 0 Å². The Morgan fingerprint density at radius 3 is 1.00 bits per heavy atom. The first-order valence-corrected chi connectivity index (χ1v) is 10.6. The van der Waals surface area contributed by atoms with Crippen molar-refractivity contribution in [2.24, 2.45) is 0 Å². The maximum absolute atomic E-state index is 10.7. The standard InChI is InChI=1S/C18H35IO9/c1-21-4-5-23-8-9-25-12-13-27-16-17-28-15-14-26-11-10-24-7-6-22-3-2-18(19)20/h2-17H2,1H3. The molecule has 0 N–H and O–H groups in total. The van der Waals surface area contributed by atoms with Crippen molar-refractivity contribution in [2.45, 2.75) is 6.42 Å². The summed E-state index contributed by atoms with van der Waals surface area (Å²) in [6, 6.07) is 0. The summed E-state index contributed by atoms with van der Waals surface area (Å²) in [6.45, 7) is 7.91. The molecule has 0 saturated carbocycles. The van der Waals surface area contributed by atoms with Gasteiger partial charge in [0.25, 0.3) is 0 Å². The number of rotatable bonds is 24. The Bertz CT molecular complexity index is 321. The van der Waals surface area contributed by atoms with E-state index in [-0.39, 0.29) is 3.79 Å². The van der Waals surface area contributed by atoms with Crippen LogP contribution in [0.5, 0.6) is 0 Å². The maximum atomic E-state index is 10.7. The molecule has 28 heavy (non-hydrogen) atoms. The molecule has 0 saturated heterocycles. The van der Waals surface area contributed by atoms with Gasteiger partial charge < -0.3 is 37.9 Å². The second-order valence-corrected chi connectivity index (χ2v) is 6.59. The lowest BCUT2D eigenvalue weighted by atomic mass is 10.5. The van der Waals surface area contributed by atoms with Gasteiger partial charge in [-0.1, -0.05) is 0 Å². The molecule has 0 aromatic heterocycles. The summed E-state index contributed by atoms with van der Waals surface area (Å²) >= 11 is 1.76. The van der Waals surface area contributed by atoms with Crippen LogP contribution in [-0.2, 0) is 42.7 Å². The molecule has 0 spiro atoms. The van der Waals surface area contributed by atoms with Crippen molar-refractivity contribution >= 4 is 26.4 Å². The van der Waals surface area contributed by atoms with E-state index in [0.29, 0.717) is 106 Å². The summed E-state index contributed by atoms with van der Waals surface area (Å²) in [5.41, 5.74) is 0. The van der Waals surface area contributed by atoms with Crippen LogP contribution in [0.15, 0.2) is 0 Å². The van der Waals surface area contributed by atoms with Crippen LogP contribution in [-0.4, -0.2) is 110 Å². The lowest BCUT2D eigenvalue weighted by molar-refractivity contribution is -0.110. The zero-order valence-electron chi connectivity index (χ0n) is 16.9. The van der Waals surface area contributed by atoms with Crippen molar-refractivity contribution in [1.82, 2.24) is 0 Å². The largest absolute Gasteiger partial charge is 0.382 e. The predicted molar refractivity (Wildman–Crippen MR) is 111 cm³/mol. The molecule has 0 aliphatic carbocycles. The molecule has 10 heteroatoms. The van der Waals surface area contributed by atoms with Crippen LogP contribution < -0.4 is 0 Å². The van der Waals surface area contributed by atoms with Crippen LogP contribution in [0.2, 0.25) is 0 Å². The molecular weight excluding hydrogens is 487 g/mol. The van der Waals surface area contributed by atoms with Crippen molar-refractivity contribution in [3.63, 3.8) is 0 Å². The van der Waals surface area contributed by atoms with Crippen molar-refractivity contribution in [3.8, 4) is 0 Å². The summed E-state index contributed by atoms with van der Waals surface area (Å²) in [7, 11) is 1.64. The minimum absolute atomic E-state index is 0.102. The third-order valence-electron chi connectivity index (χ3n) is 3.11. The monoisotopic (exact) mass is 522 g/mol. The molecule has 168 valence electrons. The molecule has 9 nitrogen and oxygen atoms in total. The first kappa shape index (κ1) is 28.1. The van der Waals surface area contributed by atoms with Gasteiger partial charge in [-0.3, -0.25) is 4.79 Å². The number of carbonyl (C=O) groups is 1. The van der Waals surface area contributed by atoms with Gasteiger partial charge in [0.1, 0.15) is 0 Å². The van der Waals surface area contributed by atoms with Gasteiger partial charge in [-0.05, 0) is 22.6 Å². The fraction of sp³-hybridized carbons (Fsp3) is 0.944. The molecule has 0 amide bonds. The topological polar surface area (TPSA) is 90.9 Å². The fourth-order valence-corrected chi connectivity index (χ4v) is 1.94. The Labute approximate surface area is 181 Å². The summed E-state index contributed by atoms with van der Waals surface area (Å²) < 4.78 is 42.3.